The first kappa shape index (κ1) is 24.4. The van der Waals surface area contributed by atoms with Gasteiger partial charge >= 0.3 is 0 Å². The minimum Gasteiger partial charge on any atom is -0.378 e. The number of aliphatic hydroxyl groups excluding tert-OH is 1. The maximum atomic E-state index is 13.4. The van der Waals surface area contributed by atoms with E-state index in [0.29, 0.717) is 29.9 Å². The molecule has 1 aliphatic heterocycles. The number of H-pyrrole nitrogens is 1. The SMILES string of the molecule is O=C([C@H](O)c1cccc(-c2ccc3cnccc3c2)c1)N1CCc2nc(C3(c4ccccc4)CC3)[nH]c(=O)c2C1. The summed E-state index contributed by atoms with van der Waals surface area (Å²) in [5.41, 5.74) is 4.39. The van der Waals surface area contributed by atoms with Crippen molar-refractivity contribution in [2.75, 3.05) is 6.54 Å². The molecular weight excluding hydrogens is 500 g/mol. The van der Waals surface area contributed by atoms with Gasteiger partial charge in [-0.25, -0.2) is 4.98 Å². The van der Waals surface area contributed by atoms with Crippen LogP contribution in [0.3, 0.4) is 0 Å². The van der Waals surface area contributed by atoms with Crippen LogP contribution in [0.2, 0.25) is 0 Å². The van der Waals surface area contributed by atoms with Crippen molar-refractivity contribution in [1.82, 2.24) is 19.9 Å². The normalized spacial score (nSPS) is 16.4. The molecule has 7 heteroatoms. The summed E-state index contributed by atoms with van der Waals surface area (Å²) in [6.45, 7) is 0.528. The number of amides is 1. The van der Waals surface area contributed by atoms with Crippen LogP contribution in [0.15, 0.2) is 96.1 Å². The molecule has 40 heavy (non-hydrogen) atoms. The van der Waals surface area contributed by atoms with E-state index in [-0.39, 0.29) is 17.5 Å². The van der Waals surface area contributed by atoms with Crippen LogP contribution >= 0.6 is 0 Å². The molecule has 3 aromatic carbocycles. The van der Waals surface area contributed by atoms with Crippen molar-refractivity contribution in [2.45, 2.75) is 37.3 Å². The Morgan fingerprint density at radius 1 is 0.950 bits per heavy atom. The Balaban J connectivity index is 1.12. The van der Waals surface area contributed by atoms with Gasteiger partial charge in [-0.3, -0.25) is 14.6 Å². The lowest BCUT2D eigenvalue weighted by Crippen LogP contribution is -2.42. The average molecular weight is 529 g/mol. The zero-order valence-corrected chi connectivity index (χ0v) is 21.9. The Kier molecular flexibility index (Phi) is 5.82. The number of hydrogen-bond acceptors (Lipinski definition) is 5. The van der Waals surface area contributed by atoms with Gasteiger partial charge < -0.3 is 15.0 Å². The molecule has 0 unspecified atom stereocenters. The van der Waals surface area contributed by atoms with E-state index >= 15 is 0 Å². The van der Waals surface area contributed by atoms with E-state index in [1.54, 1.807) is 17.2 Å². The summed E-state index contributed by atoms with van der Waals surface area (Å²) >= 11 is 0. The molecule has 0 bridgehead atoms. The first-order chi connectivity index (χ1) is 19.5. The van der Waals surface area contributed by atoms with Crippen molar-refractivity contribution in [3.05, 3.63) is 130 Å². The molecule has 1 fully saturated rings. The Morgan fingerprint density at radius 2 is 1.77 bits per heavy atom. The second-order valence-electron chi connectivity index (χ2n) is 10.8. The van der Waals surface area contributed by atoms with Gasteiger partial charge in [0.05, 0.1) is 23.2 Å². The lowest BCUT2D eigenvalue weighted by Gasteiger charge is -2.30. The summed E-state index contributed by atoms with van der Waals surface area (Å²) in [5, 5.41) is 13.2. The van der Waals surface area contributed by atoms with E-state index in [1.165, 1.54) is 0 Å². The number of aliphatic hydroxyl groups is 1. The Labute approximate surface area is 231 Å². The molecule has 2 N–H and O–H groups in total. The minimum atomic E-state index is -1.33. The molecule has 3 heterocycles. The second-order valence-corrected chi connectivity index (χ2v) is 10.8. The maximum Gasteiger partial charge on any atom is 0.256 e. The van der Waals surface area contributed by atoms with Gasteiger partial charge in [-0.2, -0.15) is 0 Å². The minimum absolute atomic E-state index is 0.130. The third-order valence-electron chi connectivity index (χ3n) is 8.32. The maximum absolute atomic E-state index is 13.4. The second kappa shape index (κ2) is 9.54. The molecule has 1 amide bonds. The highest BCUT2D eigenvalue weighted by Crippen LogP contribution is 2.52. The highest BCUT2D eigenvalue weighted by atomic mass is 16.3. The van der Waals surface area contributed by atoms with Crippen molar-refractivity contribution in [3.8, 4) is 11.1 Å². The number of aromatic amines is 1. The number of fused-ring (bicyclic) bond motifs is 2. The summed E-state index contributed by atoms with van der Waals surface area (Å²) in [7, 11) is 0. The Morgan fingerprint density at radius 3 is 2.60 bits per heavy atom. The summed E-state index contributed by atoms with van der Waals surface area (Å²) in [5.74, 6) is 0.294. The summed E-state index contributed by atoms with van der Waals surface area (Å²) in [6, 6.07) is 25.6. The van der Waals surface area contributed by atoms with Crippen molar-refractivity contribution >= 4 is 16.7 Å². The highest BCUT2D eigenvalue weighted by Gasteiger charge is 2.48. The van der Waals surface area contributed by atoms with Crippen LogP contribution in [0.5, 0.6) is 0 Å². The van der Waals surface area contributed by atoms with Gasteiger partial charge in [0, 0.05) is 30.7 Å². The number of benzene rings is 3. The average Bonchev–Trinajstić information content (AvgIpc) is 3.83. The van der Waals surface area contributed by atoms with E-state index in [1.807, 2.05) is 60.8 Å². The summed E-state index contributed by atoms with van der Waals surface area (Å²) in [4.78, 5) is 40.2. The van der Waals surface area contributed by atoms with Gasteiger partial charge in [0.15, 0.2) is 6.10 Å². The van der Waals surface area contributed by atoms with E-state index in [0.717, 1.165) is 46.0 Å². The molecule has 1 atom stereocenters. The first-order valence-corrected chi connectivity index (χ1v) is 13.6. The molecule has 0 radical (unpaired) electrons. The Hall–Kier alpha value is -4.62. The fourth-order valence-electron chi connectivity index (χ4n) is 5.85. The van der Waals surface area contributed by atoms with Crippen molar-refractivity contribution in [2.24, 2.45) is 0 Å². The third-order valence-corrected chi connectivity index (χ3v) is 8.32. The topological polar surface area (TPSA) is 99.2 Å². The van der Waals surface area contributed by atoms with Crippen LogP contribution in [0.25, 0.3) is 21.9 Å². The molecule has 198 valence electrons. The van der Waals surface area contributed by atoms with Gasteiger partial charge in [-0.1, -0.05) is 60.7 Å². The van der Waals surface area contributed by atoms with Crippen molar-refractivity contribution in [3.63, 3.8) is 0 Å². The number of hydrogen-bond donors (Lipinski definition) is 2. The number of aromatic nitrogens is 3. The molecule has 0 spiro atoms. The number of nitrogens with zero attached hydrogens (tertiary/aromatic N) is 3. The zero-order valence-electron chi connectivity index (χ0n) is 21.9. The highest BCUT2D eigenvalue weighted by molar-refractivity contribution is 5.87. The first-order valence-electron chi connectivity index (χ1n) is 13.6. The predicted molar refractivity (Wildman–Crippen MR) is 153 cm³/mol. The van der Waals surface area contributed by atoms with Crippen LogP contribution < -0.4 is 5.56 Å². The largest absolute Gasteiger partial charge is 0.378 e. The fourth-order valence-corrected chi connectivity index (χ4v) is 5.85. The third kappa shape index (κ3) is 4.19. The van der Waals surface area contributed by atoms with Gasteiger partial charge in [-0.15, -0.1) is 0 Å². The molecule has 7 rings (SSSR count). The van der Waals surface area contributed by atoms with Crippen LogP contribution in [0.1, 0.15) is 47.2 Å². The number of carbonyl (C=O) groups excluding carboxylic acids is 1. The van der Waals surface area contributed by atoms with Gasteiger partial charge in [-0.05, 0) is 58.7 Å². The van der Waals surface area contributed by atoms with Gasteiger partial charge in [0.25, 0.3) is 11.5 Å². The van der Waals surface area contributed by atoms with E-state index < -0.39 is 12.0 Å². The predicted octanol–water partition coefficient (Wildman–Crippen LogP) is 4.68. The lowest BCUT2D eigenvalue weighted by molar-refractivity contribution is -0.141. The van der Waals surface area contributed by atoms with Crippen molar-refractivity contribution in [1.29, 1.82) is 0 Å². The standard InChI is InChI=1S/C33H28N4O3/c38-29(24-6-4-5-21(18-24)22-9-10-25-19-34-15-11-23(25)17-22)31(40)37-16-12-28-27(20-37)30(39)36-32(35-28)33(13-14-33)26-7-2-1-3-8-26/h1-11,15,17-19,29,38H,12-14,16,20H2,(H,35,36,39)/t29-/m1/s1. The number of pyridine rings is 1. The van der Waals surface area contributed by atoms with Crippen molar-refractivity contribution < 1.29 is 9.90 Å². The van der Waals surface area contributed by atoms with Crippen LogP contribution in [0.4, 0.5) is 0 Å². The molecule has 5 aromatic rings. The molecule has 0 saturated heterocycles. The molecule has 2 aliphatic rings. The quantitative estimate of drug-likeness (QED) is 0.345. The zero-order chi connectivity index (χ0) is 27.3. The number of nitrogens with one attached hydrogen (secondary N) is 1. The van der Waals surface area contributed by atoms with E-state index in [2.05, 4.69) is 28.2 Å². The molecule has 2 aromatic heterocycles. The van der Waals surface area contributed by atoms with Crippen LogP contribution in [-0.2, 0) is 23.2 Å². The smallest absolute Gasteiger partial charge is 0.256 e. The lowest BCUT2D eigenvalue weighted by atomic mass is 9.94. The van der Waals surface area contributed by atoms with Gasteiger partial charge in [0.1, 0.15) is 5.82 Å². The van der Waals surface area contributed by atoms with E-state index in [9.17, 15) is 14.7 Å². The van der Waals surface area contributed by atoms with E-state index in [4.69, 9.17) is 4.98 Å². The summed E-state index contributed by atoms with van der Waals surface area (Å²) in [6.07, 6.45) is 4.63. The number of rotatable bonds is 5. The monoisotopic (exact) mass is 528 g/mol. The molecular formula is C33H28N4O3. The molecule has 7 nitrogen and oxygen atoms in total. The fraction of sp³-hybridized carbons (Fsp3) is 0.212. The summed E-state index contributed by atoms with van der Waals surface area (Å²) < 4.78 is 0. The van der Waals surface area contributed by atoms with Crippen LogP contribution in [0, 0.1) is 0 Å². The van der Waals surface area contributed by atoms with Gasteiger partial charge in [0.2, 0.25) is 0 Å². The number of carbonyl (C=O) groups is 1. The molecule has 1 saturated carbocycles. The van der Waals surface area contributed by atoms with Crippen LogP contribution in [-0.4, -0.2) is 37.4 Å². The molecule has 1 aliphatic carbocycles. The Bertz CT molecular complexity index is 1810.